The van der Waals surface area contributed by atoms with Crippen LogP contribution in [-0.2, 0) is 0 Å². The van der Waals surface area contributed by atoms with Gasteiger partial charge in [-0.3, -0.25) is 0 Å². The minimum Gasteiger partial charge on any atom is -0.376 e. The van der Waals surface area contributed by atoms with Crippen LogP contribution in [0.2, 0.25) is 0 Å². The van der Waals surface area contributed by atoms with E-state index in [2.05, 4.69) is 26.1 Å². The van der Waals surface area contributed by atoms with Gasteiger partial charge in [0.05, 0.1) is 0 Å². The van der Waals surface area contributed by atoms with Crippen molar-refractivity contribution in [2.24, 2.45) is 11.7 Å². The van der Waals surface area contributed by atoms with Crippen molar-refractivity contribution in [3.05, 3.63) is 0 Å². The van der Waals surface area contributed by atoms with Crippen LogP contribution in [0.1, 0.15) is 27.2 Å². The van der Waals surface area contributed by atoms with E-state index >= 15 is 0 Å². The molecule has 0 aliphatic rings. The van der Waals surface area contributed by atoms with Crippen LogP contribution in [0.25, 0.3) is 0 Å². The first kappa shape index (κ1) is 9.69. The second kappa shape index (κ2) is 4.50. The van der Waals surface area contributed by atoms with Gasteiger partial charge in [-0.15, -0.1) is 0 Å². The zero-order valence-electron chi connectivity index (χ0n) is 6.85. The molecule has 1 atom stereocenters. The molecular formula is C7H16N2S. The van der Waals surface area contributed by atoms with Gasteiger partial charge >= 0.3 is 0 Å². The van der Waals surface area contributed by atoms with E-state index in [4.69, 9.17) is 18.0 Å². The van der Waals surface area contributed by atoms with Crippen molar-refractivity contribution in [2.45, 2.75) is 33.2 Å². The molecule has 0 aliphatic heterocycles. The number of rotatable bonds is 3. The summed E-state index contributed by atoms with van der Waals surface area (Å²) in [5, 5.41) is 3.38. The number of nitrogens with one attached hydrogen (secondary N) is 1. The molecule has 0 fully saturated rings. The minimum absolute atomic E-state index is 0.396. The quantitative estimate of drug-likeness (QED) is 0.610. The lowest BCUT2D eigenvalue weighted by Gasteiger charge is -2.15. The standard InChI is InChI=1S/C7H16N2S/c1-5(2)4-6(3)9-7(8)10/h5-6H,4H2,1-3H3,(H3,8,9,10). The van der Waals surface area contributed by atoms with Gasteiger partial charge in [0.1, 0.15) is 0 Å². The highest BCUT2D eigenvalue weighted by molar-refractivity contribution is 7.80. The Bertz CT molecular complexity index is 112. The molecule has 0 saturated heterocycles. The molecule has 0 aromatic rings. The van der Waals surface area contributed by atoms with E-state index < -0.39 is 0 Å². The molecule has 2 nitrogen and oxygen atoms in total. The first-order chi connectivity index (χ1) is 4.52. The average molecular weight is 160 g/mol. The van der Waals surface area contributed by atoms with Crippen molar-refractivity contribution >= 4 is 17.3 Å². The van der Waals surface area contributed by atoms with Crippen LogP contribution in [0.5, 0.6) is 0 Å². The van der Waals surface area contributed by atoms with Crippen molar-refractivity contribution in [1.82, 2.24) is 5.32 Å². The predicted octanol–water partition coefficient (Wildman–Crippen LogP) is 1.25. The van der Waals surface area contributed by atoms with Gasteiger partial charge in [0, 0.05) is 6.04 Å². The van der Waals surface area contributed by atoms with E-state index in [0.29, 0.717) is 17.1 Å². The SMILES string of the molecule is CC(C)CC(C)NC(N)=S. The number of thiocarbonyl (C=S) groups is 1. The zero-order chi connectivity index (χ0) is 8.15. The molecule has 0 aliphatic carbocycles. The fourth-order valence-electron chi connectivity index (χ4n) is 1.01. The van der Waals surface area contributed by atoms with Crippen molar-refractivity contribution in [3.8, 4) is 0 Å². The fourth-order valence-corrected chi connectivity index (χ4v) is 1.21. The second-order valence-corrected chi connectivity index (χ2v) is 3.48. The minimum atomic E-state index is 0.396. The number of hydrogen-bond donors (Lipinski definition) is 2. The average Bonchev–Trinajstić information content (AvgIpc) is 1.58. The van der Waals surface area contributed by atoms with Crippen molar-refractivity contribution in [1.29, 1.82) is 0 Å². The zero-order valence-corrected chi connectivity index (χ0v) is 7.66. The summed E-state index contributed by atoms with van der Waals surface area (Å²) in [5.74, 6) is 0.692. The normalized spacial score (nSPS) is 13.2. The molecular weight excluding hydrogens is 144 g/mol. The lowest BCUT2D eigenvalue weighted by molar-refractivity contribution is 0.491. The third-order valence-electron chi connectivity index (χ3n) is 1.21. The highest BCUT2D eigenvalue weighted by atomic mass is 32.1. The topological polar surface area (TPSA) is 38.0 Å². The Balaban J connectivity index is 3.43. The fraction of sp³-hybridized carbons (Fsp3) is 0.857. The third-order valence-corrected chi connectivity index (χ3v) is 1.33. The van der Waals surface area contributed by atoms with Crippen molar-refractivity contribution in [2.75, 3.05) is 0 Å². The van der Waals surface area contributed by atoms with E-state index in [1.165, 1.54) is 0 Å². The van der Waals surface area contributed by atoms with Gasteiger partial charge < -0.3 is 11.1 Å². The maximum atomic E-state index is 5.29. The molecule has 0 saturated carbocycles. The molecule has 0 aromatic heterocycles. The molecule has 0 bridgehead atoms. The van der Waals surface area contributed by atoms with E-state index in [9.17, 15) is 0 Å². The lowest BCUT2D eigenvalue weighted by atomic mass is 10.1. The molecule has 3 heteroatoms. The molecule has 0 radical (unpaired) electrons. The summed E-state index contributed by atoms with van der Waals surface area (Å²) >= 11 is 4.69. The number of hydrogen-bond acceptors (Lipinski definition) is 1. The van der Waals surface area contributed by atoms with Gasteiger partial charge in [-0.2, -0.15) is 0 Å². The second-order valence-electron chi connectivity index (χ2n) is 3.04. The Morgan fingerprint density at radius 2 is 2.00 bits per heavy atom. The summed E-state index contributed by atoms with van der Waals surface area (Å²) in [5.41, 5.74) is 5.29. The Labute approximate surface area is 68.2 Å². The number of nitrogens with two attached hydrogens (primary N) is 1. The molecule has 10 heavy (non-hydrogen) atoms. The van der Waals surface area contributed by atoms with Crippen LogP contribution in [-0.4, -0.2) is 11.2 Å². The van der Waals surface area contributed by atoms with Crippen molar-refractivity contribution in [3.63, 3.8) is 0 Å². The van der Waals surface area contributed by atoms with Crippen LogP contribution in [0.3, 0.4) is 0 Å². The van der Waals surface area contributed by atoms with Crippen LogP contribution in [0, 0.1) is 5.92 Å². The molecule has 0 heterocycles. The Morgan fingerprint density at radius 3 is 2.30 bits per heavy atom. The molecule has 0 amide bonds. The van der Waals surface area contributed by atoms with Gasteiger partial charge in [0.15, 0.2) is 5.11 Å². The van der Waals surface area contributed by atoms with Crippen LogP contribution in [0.4, 0.5) is 0 Å². The maximum absolute atomic E-state index is 5.29. The molecule has 0 aromatic carbocycles. The summed E-state index contributed by atoms with van der Waals surface area (Å²) < 4.78 is 0. The first-order valence-electron chi connectivity index (χ1n) is 3.58. The largest absolute Gasteiger partial charge is 0.376 e. The molecule has 0 rings (SSSR count). The third kappa shape index (κ3) is 5.82. The molecule has 0 spiro atoms. The van der Waals surface area contributed by atoms with Gasteiger partial charge in [-0.25, -0.2) is 0 Å². The molecule has 1 unspecified atom stereocenters. The van der Waals surface area contributed by atoms with Crippen LogP contribution < -0.4 is 11.1 Å². The van der Waals surface area contributed by atoms with Crippen LogP contribution in [0.15, 0.2) is 0 Å². The predicted molar refractivity (Wildman–Crippen MR) is 48.8 cm³/mol. The van der Waals surface area contributed by atoms with E-state index in [-0.39, 0.29) is 0 Å². The summed E-state index contributed by atoms with van der Waals surface area (Å²) in [6.07, 6.45) is 1.11. The molecule has 60 valence electrons. The first-order valence-corrected chi connectivity index (χ1v) is 3.99. The summed E-state index contributed by atoms with van der Waals surface area (Å²) in [7, 11) is 0. The van der Waals surface area contributed by atoms with E-state index in [1.807, 2.05) is 0 Å². The Morgan fingerprint density at radius 1 is 1.50 bits per heavy atom. The van der Waals surface area contributed by atoms with Crippen LogP contribution >= 0.6 is 12.2 Å². The van der Waals surface area contributed by atoms with Gasteiger partial charge in [0.25, 0.3) is 0 Å². The van der Waals surface area contributed by atoms with E-state index in [1.54, 1.807) is 0 Å². The smallest absolute Gasteiger partial charge is 0.163 e. The Kier molecular flexibility index (Phi) is 4.36. The maximum Gasteiger partial charge on any atom is 0.163 e. The van der Waals surface area contributed by atoms with Crippen molar-refractivity contribution < 1.29 is 0 Å². The Hall–Kier alpha value is -0.310. The molecule has 3 N–H and O–H groups in total. The monoisotopic (exact) mass is 160 g/mol. The summed E-state index contributed by atoms with van der Waals surface area (Å²) in [6, 6.07) is 0.400. The van der Waals surface area contributed by atoms with Gasteiger partial charge in [-0.1, -0.05) is 13.8 Å². The van der Waals surface area contributed by atoms with Gasteiger partial charge in [-0.05, 0) is 31.5 Å². The highest BCUT2D eigenvalue weighted by Crippen LogP contribution is 2.02. The lowest BCUT2D eigenvalue weighted by Crippen LogP contribution is -2.37. The summed E-state index contributed by atoms with van der Waals surface area (Å²) in [4.78, 5) is 0. The van der Waals surface area contributed by atoms with Gasteiger partial charge in [0.2, 0.25) is 0 Å². The van der Waals surface area contributed by atoms with E-state index in [0.717, 1.165) is 6.42 Å². The summed E-state index contributed by atoms with van der Waals surface area (Å²) in [6.45, 7) is 6.44. The highest BCUT2D eigenvalue weighted by Gasteiger charge is 2.03.